The van der Waals surface area contributed by atoms with E-state index < -0.39 is 26.2 Å². The molecule has 2 aliphatic rings. The maximum absolute atomic E-state index is 12.9. The number of amides is 1. The first-order valence-electron chi connectivity index (χ1n) is 10.5. The van der Waals surface area contributed by atoms with E-state index in [1.807, 2.05) is 0 Å². The van der Waals surface area contributed by atoms with Gasteiger partial charge in [-0.05, 0) is 51.7 Å². The van der Waals surface area contributed by atoms with Crippen molar-refractivity contribution >= 4 is 15.9 Å². The van der Waals surface area contributed by atoms with Crippen LogP contribution in [0.1, 0.15) is 32.1 Å². The number of likely N-dealkylation sites (tertiary alicyclic amines) is 1. The zero-order valence-electron chi connectivity index (χ0n) is 17.7. The predicted octanol–water partition coefficient (Wildman–Crippen LogP) is -0.913. The minimum atomic E-state index is -4.03. The molecule has 30 heavy (non-hydrogen) atoms. The molecule has 3 heterocycles. The summed E-state index contributed by atoms with van der Waals surface area (Å²) in [6.07, 6.45) is 5.29. The maximum Gasteiger partial charge on any atom is 0.330 e. The first-order valence-corrected chi connectivity index (χ1v) is 11.9. The molecule has 2 aliphatic heterocycles. The highest BCUT2D eigenvalue weighted by Gasteiger charge is 2.34. The summed E-state index contributed by atoms with van der Waals surface area (Å²) in [6, 6.07) is 0. The van der Waals surface area contributed by atoms with Gasteiger partial charge >= 0.3 is 5.69 Å². The molecule has 0 unspecified atom stereocenters. The molecule has 1 amide bonds. The van der Waals surface area contributed by atoms with Crippen molar-refractivity contribution < 1.29 is 13.2 Å². The normalized spacial score (nSPS) is 19.3. The number of sulfonamides is 1. The molecule has 0 atom stereocenters. The zero-order chi connectivity index (χ0) is 21.9. The summed E-state index contributed by atoms with van der Waals surface area (Å²) in [5.74, 6) is -0.266. The molecule has 1 N–H and O–H groups in total. The highest BCUT2D eigenvalue weighted by molar-refractivity contribution is 7.89. The zero-order valence-corrected chi connectivity index (χ0v) is 18.5. The van der Waals surface area contributed by atoms with Crippen LogP contribution in [-0.2, 0) is 28.9 Å². The van der Waals surface area contributed by atoms with E-state index in [2.05, 4.69) is 10.2 Å². The molecule has 0 bridgehead atoms. The molecule has 0 aliphatic carbocycles. The van der Waals surface area contributed by atoms with Gasteiger partial charge in [0.1, 0.15) is 0 Å². The summed E-state index contributed by atoms with van der Waals surface area (Å²) >= 11 is 0. The van der Waals surface area contributed by atoms with Crippen LogP contribution in [0.25, 0.3) is 0 Å². The van der Waals surface area contributed by atoms with Crippen molar-refractivity contribution in [3.05, 3.63) is 27.0 Å². The Morgan fingerprint density at radius 2 is 1.73 bits per heavy atom. The topological polar surface area (TPSA) is 114 Å². The molecule has 2 saturated heterocycles. The molecule has 3 rings (SSSR count). The highest BCUT2D eigenvalue weighted by atomic mass is 32.2. The second-order valence-corrected chi connectivity index (χ2v) is 10.0. The summed E-state index contributed by atoms with van der Waals surface area (Å²) in [5, 5.41) is 2.97. The number of rotatable bonds is 7. The van der Waals surface area contributed by atoms with Gasteiger partial charge in [-0.15, -0.1) is 0 Å². The van der Waals surface area contributed by atoms with E-state index >= 15 is 0 Å². The summed E-state index contributed by atoms with van der Waals surface area (Å²) in [7, 11) is -1.37. The van der Waals surface area contributed by atoms with Crippen molar-refractivity contribution in [3.63, 3.8) is 0 Å². The molecule has 168 valence electrons. The summed E-state index contributed by atoms with van der Waals surface area (Å²) in [6.45, 7) is 4.23. The summed E-state index contributed by atoms with van der Waals surface area (Å²) in [4.78, 5) is 38.5. The Labute approximate surface area is 176 Å². The molecule has 0 spiro atoms. The Balaban J connectivity index is 1.54. The van der Waals surface area contributed by atoms with Gasteiger partial charge < -0.3 is 14.8 Å². The minimum Gasteiger partial charge on any atom is -0.356 e. The third-order valence-electron chi connectivity index (χ3n) is 6.01. The third kappa shape index (κ3) is 4.84. The fraction of sp³-hybridized carbons (Fsp3) is 0.737. The van der Waals surface area contributed by atoms with Gasteiger partial charge in [0, 0.05) is 45.8 Å². The SMILES string of the molecule is Cn1cc(S(=O)(=O)N2CCC(C(=O)NCCCN3CCCC3)CC2)c(=O)n(C)c1=O. The first-order chi connectivity index (χ1) is 14.2. The molecule has 0 aromatic carbocycles. The van der Waals surface area contributed by atoms with E-state index in [0.29, 0.717) is 19.4 Å². The maximum atomic E-state index is 12.9. The number of hydrogen-bond donors (Lipinski definition) is 1. The number of nitrogens with one attached hydrogen (secondary N) is 1. The van der Waals surface area contributed by atoms with Crippen LogP contribution in [0.4, 0.5) is 0 Å². The fourth-order valence-corrected chi connectivity index (χ4v) is 5.73. The number of aromatic nitrogens is 2. The Kier molecular flexibility index (Phi) is 7.14. The fourth-order valence-electron chi connectivity index (χ4n) is 4.11. The first kappa shape index (κ1) is 22.7. The van der Waals surface area contributed by atoms with E-state index in [1.165, 1.54) is 31.2 Å². The van der Waals surface area contributed by atoms with Crippen molar-refractivity contribution in [1.29, 1.82) is 0 Å². The summed E-state index contributed by atoms with van der Waals surface area (Å²) < 4.78 is 29.0. The number of aryl methyl sites for hydroxylation is 1. The van der Waals surface area contributed by atoms with E-state index in [4.69, 9.17) is 0 Å². The van der Waals surface area contributed by atoms with Gasteiger partial charge in [0.05, 0.1) is 0 Å². The minimum absolute atomic E-state index is 0.0357. The molecule has 1 aromatic heterocycles. The van der Waals surface area contributed by atoms with Gasteiger partial charge in [-0.2, -0.15) is 4.31 Å². The predicted molar refractivity (Wildman–Crippen MR) is 112 cm³/mol. The van der Waals surface area contributed by atoms with Gasteiger partial charge in [-0.1, -0.05) is 0 Å². The van der Waals surface area contributed by atoms with Crippen LogP contribution >= 0.6 is 0 Å². The molecule has 11 heteroatoms. The van der Waals surface area contributed by atoms with Crippen LogP contribution in [0.2, 0.25) is 0 Å². The molecule has 2 fully saturated rings. The lowest BCUT2D eigenvalue weighted by molar-refractivity contribution is -0.126. The number of piperidine rings is 1. The van der Waals surface area contributed by atoms with E-state index in [1.54, 1.807) is 0 Å². The Hall–Kier alpha value is -1.98. The van der Waals surface area contributed by atoms with Crippen LogP contribution in [0.15, 0.2) is 20.7 Å². The quantitative estimate of drug-likeness (QED) is 0.548. The average molecular weight is 442 g/mol. The van der Waals surface area contributed by atoms with E-state index in [0.717, 1.165) is 41.4 Å². The lowest BCUT2D eigenvalue weighted by Gasteiger charge is -2.30. The summed E-state index contributed by atoms with van der Waals surface area (Å²) in [5.41, 5.74) is -1.42. The largest absolute Gasteiger partial charge is 0.356 e. The number of nitrogens with zero attached hydrogens (tertiary/aromatic N) is 4. The molecular weight excluding hydrogens is 410 g/mol. The van der Waals surface area contributed by atoms with Crippen LogP contribution in [0.3, 0.4) is 0 Å². The van der Waals surface area contributed by atoms with E-state index in [9.17, 15) is 22.8 Å². The monoisotopic (exact) mass is 441 g/mol. The van der Waals surface area contributed by atoms with Crippen LogP contribution in [0, 0.1) is 5.92 Å². The molecule has 0 saturated carbocycles. The molecule has 0 radical (unpaired) electrons. The van der Waals surface area contributed by atoms with Gasteiger partial charge in [-0.25, -0.2) is 13.2 Å². The molecule has 10 nitrogen and oxygen atoms in total. The lowest BCUT2D eigenvalue weighted by atomic mass is 9.97. The Morgan fingerprint density at radius 1 is 1.10 bits per heavy atom. The molecule has 1 aromatic rings. The van der Waals surface area contributed by atoms with Crippen LogP contribution in [-0.4, -0.2) is 71.9 Å². The average Bonchev–Trinajstić information content (AvgIpc) is 3.25. The number of carbonyl (C=O) groups is 1. The second-order valence-electron chi connectivity index (χ2n) is 8.12. The van der Waals surface area contributed by atoms with Crippen molar-refractivity contribution in [3.8, 4) is 0 Å². The van der Waals surface area contributed by atoms with Crippen molar-refractivity contribution in [2.24, 2.45) is 20.0 Å². The standard InChI is InChI=1S/C19H31N5O5S/c1-21-14-16(18(26)22(2)19(21)27)30(28,29)24-12-6-15(7-13-24)17(25)20-8-5-11-23-9-3-4-10-23/h14-15H,3-13H2,1-2H3,(H,20,25). The van der Waals surface area contributed by atoms with Gasteiger partial charge in [-0.3, -0.25) is 14.2 Å². The highest BCUT2D eigenvalue weighted by Crippen LogP contribution is 2.22. The molecular formula is C19H31N5O5S. The van der Waals surface area contributed by atoms with Crippen LogP contribution < -0.4 is 16.6 Å². The van der Waals surface area contributed by atoms with Gasteiger partial charge in [0.15, 0.2) is 4.90 Å². The lowest BCUT2D eigenvalue weighted by Crippen LogP contribution is -2.46. The smallest absolute Gasteiger partial charge is 0.330 e. The third-order valence-corrected chi connectivity index (χ3v) is 7.89. The van der Waals surface area contributed by atoms with Crippen molar-refractivity contribution in [2.75, 3.05) is 39.3 Å². The van der Waals surface area contributed by atoms with Crippen molar-refractivity contribution in [1.82, 2.24) is 23.7 Å². The van der Waals surface area contributed by atoms with Gasteiger partial charge in [0.2, 0.25) is 15.9 Å². The Bertz CT molecular complexity index is 986. The Morgan fingerprint density at radius 3 is 2.37 bits per heavy atom. The van der Waals surface area contributed by atoms with Gasteiger partial charge in [0.25, 0.3) is 5.56 Å². The van der Waals surface area contributed by atoms with Crippen LogP contribution in [0.5, 0.6) is 0 Å². The number of carbonyl (C=O) groups excluding carboxylic acids is 1. The van der Waals surface area contributed by atoms with Crippen molar-refractivity contribution in [2.45, 2.75) is 37.0 Å². The second kappa shape index (κ2) is 9.44. The van der Waals surface area contributed by atoms with E-state index in [-0.39, 0.29) is 24.9 Å². The number of hydrogen-bond acceptors (Lipinski definition) is 6.